The van der Waals surface area contributed by atoms with E-state index in [4.69, 9.17) is 16.3 Å². The molecule has 3 aromatic rings. The first-order valence-electron chi connectivity index (χ1n) is 9.98. The molecule has 0 saturated heterocycles. The SMILES string of the molecule is CCCCOCCCNCc1cn(Cc2ccc(F)cc2Cl)c2ccccc12. The van der Waals surface area contributed by atoms with Gasteiger partial charge >= 0.3 is 0 Å². The predicted molar refractivity (Wildman–Crippen MR) is 115 cm³/mol. The maximum atomic E-state index is 13.3. The van der Waals surface area contributed by atoms with Crippen LogP contribution in [-0.2, 0) is 17.8 Å². The van der Waals surface area contributed by atoms with Crippen LogP contribution in [0, 0.1) is 5.82 Å². The number of para-hydroxylation sites is 1. The van der Waals surface area contributed by atoms with E-state index in [0.717, 1.165) is 50.2 Å². The lowest BCUT2D eigenvalue weighted by molar-refractivity contribution is 0.129. The molecule has 0 fully saturated rings. The number of aromatic nitrogens is 1. The molecule has 2 aromatic carbocycles. The monoisotopic (exact) mass is 402 g/mol. The fourth-order valence-electron chi connectivity index (χ4n) is 3.30. The minimum Gasteiger partial charge on any atom is -0.381 e. The lowest BCUT2D eigenvalue weighted by atomic mass is 10.2. The van der Waals surface area contributed by atoms with Crippen molar-refractivity contribution in [2.24, 2.45) is 0 Å². The van der Waals surface area contributed by atoms with Gasteiger partial charge in [-0.25, -0.2) is 4.39 Å². The van der Waals surface area contributed by atoms with Gasteiger partial charge in [-0.05, 0) is 48.7 Å². The Balaban J connectivity index is 1.62. The Morgan fingerprint density at radius 2 is 1.89 bits per heavy atom. The van der Waals surface area contributed by atoms with Gasteiger partial charge in [0.05, 0.1) is 0 Å². The van der Waals surface area contributed by atoms with Gasteiger partial charge in [0.2, 0.25) is 0 Å². The second kappa shape index (κ2) is 10.6. The van der Waals surface area contributed by atoms with Gasteiger partial charge in [-0.3, -0.25) is 0 Å². The largest absolute Gasteiger partial charge is 0.381 e. The highest BCUT2D eigenvalue weighted by atomic mass is 35.5. The number of nitrogens with one attached hydrogen (secondary N) is 1. The minimum atomic E-state index is -0.310. The molecule has 150 valence electrons. The topological polar surface area (TPSA) is 26.2 Å². The summed E-state index contributed by atoms with van der Waals surface area (Å²) in [6.45, 7) is 6.18. The number of fused-ring (bicyclic) bond motifs is 1. The molecular formula is C23H28ClFN2O. The molecule has 0 aliphatic rings. The van der Waals surface area contributed by atoms with Crippen molar-refractivity contribution >= 4 is 22.5 Å². The van der Waals surface area contributed by atoms with Crippen molar-refractivity contribution in [3.63, 3.8) is 0 Å². The molecule has 3 nitrogen and oxygen atoms in total. The van der Waals surface area contributed by atoms with Gasteiger partial charge in [0.25, 0.3) is 0 Å². The standard InChI is InChI=1S/C23H28ClFN2O/c1-2-3-12-28-13-6-11-26-15-19-17-27(23-8-5-4-7-21(19)23)16-18-9-10-20(25)14-22(18)24/h4-5,7-10,14,17,26H,2-3,6,11-13,15-16H2,1H3. The van der Waals surface area contributed by atoms with Gasteiger partial charge in [0.1, 0.15) is 5.82 Å². The highest BCUT2D eigenvalue weighted by molar-refractivity contribution is 6.31. The molecule has 0 spiro atoms. The van der Waals surface area contributed by atoms with E-state index in [1.165, 1.54) is 29.5 Å². The molecule has 28 heavy (non-hydrogen) atoms. The summed E-state index contributed by atoms with van der Waals surface area (Å²) in [6, 6.07) is 12.9. The molecule has 0 unspecified atom stereocenters. The third-order valence-corrected chi connectivity index (χ3v) is 5.18. The van der Waals surface area contributed by atoms with E-state index in [9.17, 15) is 4.39 Å². The number of hydrogen-bond acceptors (Lipinski definition) is 2. The molecule has 0 aliphatic carbocycles. The number of ether oxygens (including phenoxy) is 1. The van der Waals surface area contributed by atoms with E-state index < -0.39 is 0 Å². The summed E-state index contributed by atoms with van der Waals surface area (Å²) in [5.74, 6) is -0.310. The maximum absolute atomic E-state index is 13.3. The van der Waals surface area contributed by atoms with Crippen LogP contribution in [-0.4, -0.2) is 24.3 Å². The second-order valence-corrected chi connectivity index (χ2v) is 7.44. The van der Waals surface area contributed by atoms with Crippen LogP contribution in [0.5, 0.6) is 0 Å². The Bertz CT molecular complexity index is 893. The molecule has 3 rings (SSSR count). The Morgan fingerprint density at radius 3 is 2.71 bits per heavy atom. The lowest BCUT2D eigenvalue weighted by Gasteiger charge is -2.07. The normalized spacial score (nSPS) is 11.4. The number of benzene rings is 2. The number of halogens is 2. The first-order valence-corrected chi connectivity index (χ1v) is 10.4. The molecule has 1 N–H and O–H groups in total. The quantitative estimate of drug-likeness (QED) is 0.411. The van der Waals surface area contributed by atoms with Crippen LogP contribution in [0.25, 0.3) is 10.9 Å². The van der Waals surface area contributed by atoms with Crippen molar-refractivity contribution < 1.29 is 9.13 Å². The second-order valence-electron chi connectivity index (χ2n) is 7.03. The summed E-state index contributed by atoms with van der Waals surface area (Å²) in [5.41, 5.74) is 3.32. The van der Waals surface area contributed by atoms with Crippen molar-refractivity contribution in [1.82, 2.24) is 9.88 Å². The van der Waals surface area contributed by atoms with Crippen molar-refractivity contribution in [3.05, 3.63) is 70.6 Å². The van der Waals surface area contributed by atoms with Crippen molar-refractivity contribution in [1.29, 1.82) is 0 Å². The number of nitrogens with zero attached hydrogens (tertiary/aromatic N) is 1. The smallest absolute Gasteiger partial charge is 0.124 e. The Kier molecular flexibility index (Phi) is 7.90. The molecule has 0 radical (unpaired) electrons. The van der Waals surface area contributed by atoms with E-state index in [2.05, 4.69) is 41.2 Å². The van der Waals surface area contributed by atoms with Gasteiger partial charge in [0.15, 0.2) is 0 Å². The average Bonchev–Trinajstić information content (AvgIpc) is 3.04. The van der Waals surface area contributed by atoms with Crippen LogP contribution in [0.4, 0.5) is 4.39 Å². The number of hydrogen-bond donors (Lipinski definition) is 1. The van der Waals surface area contributed by atoms with Crippen molar-refractivity contribution in [2.75, 3.05) is 19.8 Å². The van der Waals surface area contributed by atoms with Crippen LogP contribution in [0.3, 0.4) is 0 Å². The fraction of sp³-hybridized carbons (Fsp3) is 0.391. The molecule has 0 amide bonds. The predicted octanol–water partition coefficient (Wildman–Crippen LogP) is 5.78. The molecule has 5 heteroatoms. The summed E-state index contributed by atoms with van der Waals surface area (Å²) < 4.78 is 21.1. The Hall–Kier alpha value is -1.88. The molecule has 1 heterocycles. The summed E-state index contributed by atoms with van der Waals surface area (Å²) in [5, 5.41) is 5.20. The third kappa shape index (κ3) is 5.57. The molecule has 0 bridgehead atoms. The number of rotatable bonds is 11. The molecule has 0 atom stereocenters. The van der Waals surface area contributed by atoms with Crippen LogP contribution in [0.2, 0.25) is 5.02 Å². The fourth-order valence-corrected chi connectivity index (χ4v) is 3.53. The van der Waals surface area contributed by atoms with E-state index in [1.54, 1.807) is 6.07 Å². The van der Waals surface area contributed by atoms with Crippen LogP contribution < -0.4 is 5.32 Å². The Morgan fingerprint density at radius 1 is 1.07 bits per heavy atom. The van der Waals surface area contributed by atoms with Gasteiger partial charge in [0, 0.05) is 48.4 Å². The van der Waals surface area contributed by atoms with E-state index in [1.807, 2.05) is 6.07 Å². The van der Waals surface area contributed by atoms with Gasteiger partial charge in [-0.2, -0.15) is 0 Å². The highest BCUT2D eigenvalue weighted by Crippen LogP contribution is 2.25. The van der Waals surface area contributed by atoms with E-state index in [-0.39, 0.29) is 5.82 Å². The molecule has 1 aromatic heterocycles. The lowest BCUT2D eigenvalue weighted by Crippen LogP contribution is -2.16. The third-order valence-electron chi connectivity index (χ3n) is 4.83. The zero-order valence-corrected chi connectivity index (χ0v) is 17.1. The van der Waals surface area contributed by atoms with Crippen molar-refractivity contribution in [2.45, 2.75) is 39.3 Å². The van der Waals surface area contributed by atoms with Gasteiger partial charge in [-0.1, -0.05) is 49.2 Å². The van der Waals surface area contributed by atoms with Crippen LogP contribution >= 0.6 is 11.6 Å². The summed E-state index contributed by atoms with van der Waals surface area (Å²) >= 11 is 6.22. The first kappa shape index (κ1) is 20.8. The summed E-state index contributed by atoms with van der Waals surface area (Å²) in [7, 11) is 0. The highest BCUT2D eigenvalue weighted by Gasteiger charge is 2.10. The van der Waals surface area contributed by atoms with Crippen LogP contribution in [0.1, 0.15) is 37.3 Å². The van der Waals surface area contributed by atoms with Gasteiger partial charge < -0.3 is 14.6 Å². The molecule has 0 saturated carbocycles. The number of unbranched alkanes of at least 4 members (excludes halogenated alkanes) is 1. The van der Waals surface area contributed by atoms with Gasteiger partial charge in [-0.15, -0.1) is 0 Å². The summed E-state index contributed by atoms with van der Waals surface area (Å²) in [4.78, 5) is 0. The first-order chi connectivity index (χ1) is 13.7. The van der Waals surface area contributed by atoms with E-state index in [0.29, 0.717) is 11.6 Å². The van der Waals surface area contributed by atoms with Crippen LogP contribution in [0.15, 0.2) is 48.7 Å². The maximum Gasteiger partial charge on any atom is 0.124 e. The van der Waals surface area contributed by atoms with Crippen molar-refractivity contribution in [3.8, 4) is 0 Å². The zero-order valence-electron chi connectivity index (χ0n) is 16.4. The average molecular weight is 403 g/mol. The molecular weight excluding hydrogens is 375 g/mol. The zero-order chi connectivity index (χ0) is 19.8. The molecule has 0 aliphatic heterocycles. The Labute approximate surface area is 171 Å². The minimum absolute atomic E-state index is 0.310. The summed E-state index contributed by atoms with van der Waals surface area (Å²) in [6.07, 6.45) is 5.47. The van der Waals surface area contributed by atoms with E-state index >= 15 is 0 Å².